The van der Waals surface area contributed by atoms with Gasteiger partial charge < -0.3 is 5.32 Å². The summed E-state index contributed by atoms with van der Waals surface area (Å²) in [5.41, 5.74) is -1.15. The number of alkyl halides is 3. The molecule has 0 aliphatic rings. The van der Waals surface area contributed by atoms with E-state index >= 15 is 0 Å². The van der Waals surface area contributed by atoms with Crippen molar-refractivity contribution < 1.29 is 26.7 Å². The molecule has 1 rings (SSSR count). The van der Waals surface area contributed by atoms with Crippen LogP contribution in [-0.4, -0.2) is 24.7 Å². The van der Waals surface area contributed by atoms with Crippen molar-refractivity contribution in [3.8, 4) is 0 Å². The maximum atomic E-state index is 13.5. The second-order valence-electron chi connectivity index (χ2n) is 4.71. The van der Waals surface area contributed by atoms with Crippen LogP contribution in [0.4, 0.5) is 22.0 Å². The van der Waals surface area contributed by atoms with Gasteiger partial charge in [0, 0.05) is 11.6 Å². The number of carbonyl (C=O) groups excluding carboxylic acids is 1. The molecule has 118 valence electrons. The zero-order valence-corrected chi connectivity index (χ0v) is 11.4. The van der Waals surface area contributed by atoms with Gasteiger partial charge in [0.1, 0.15) is 17.7 Å². The van der Waals surface area contributed by atoms with Crippen LogP contribution < -0.4 is 10.6 Å². The van der Waals surface area contributed by atoms with Crippen molar-refractivity contribution in [2.75, 3.05) is 6.54 Å². The largest absolute Gasteiger partial charge is 0.408 e. The van der Waals surface area contributed by atoms with E-state index in [0.29, 0.717) is 0 Å². The van der Waals surface area contributed by atoms with E-state index in [1.165, 1.54) is 0 Å². The zero-order chi connectivity index (χ0) is 16.2. The molecule has 21 heavy (non-hydrogen) atoms. The lowest BCUT2D eigenvalue weighted by atomic mass is 10.0. The zero-order valence-electron chi connectivity index (χ0n) is 11.4. The van der Waals surface area contributed by atoms with Crippen molar-refractivity contribution in [2.24, 2.45) is 0 Å². The number of hydrogen-bond acceptors (Lipinski definition) is 2. The van der Waals surface area contributed by atoms with Crippen molar-refractivity contribution in [1.29, 1.82) is 0 Å². The molecular weight excluding hydrogens is 295 g/mol. The van der Waals surface area contributed by atoms with Crippen molar-refractivity contribution >= 4 is 5.91 Å². The Morgan fingerprint density at radius 3 is 2.14 bits per heavy atom. The lowest BCUT2D eigenvalue weighted by molar-refractivity contribution is -0.159. The van der Waals surface area contributed by atoms with E-state index in [1.54, 1.807) is 13.8 Å². The highest BCUT2D eigenvalue weighted by Crippen LogP contribution is 2.35. The topological polar surface area (TPSA) is 41.1 Å². The average molecular weight is 310 g/mol. The predicted octanol–water partition coefficient (Wildman–Crippen LogP) is 2.68. The fourth-order valence-electron chi connectivity index (χ4n) is 1.74. The molecule has 3 nitrogen and oxygen atoms in total. The summed E-state index contributed by atoms with van der Waals surface area (Å²) < 4.78 is 65.8. The maximum absolute atomic E-state index is 13.5. The first kappa shape index (κ1) is 17.4. The Morgan fingerprint density at radius 2 is 1.71 bits per heavy atom. The molecule has 0 aromatic heterocycles. The molecule has 0 bridgehead atoms. The molecule has 1 aromatic rings. The number of nitrogens with one attached hydrogen (secondary N) is 2. The number of halogens is 5. The monoisotopic (exact) mass is 310 g/mol. The second-order valence-corrected chi connectivity index (χ2v) is 4.71. The van der Waals surface area contributed by atoms with Crippen molar-refractivity contribution in [1.82, 2.24) is 10.6 Å². The fraction of sp³-hybridized carbons (Fsp3) is 0.462. The van der Waals surface area contributed by atoms with Crippen LogP contribution in [0, 0.1) is 11.6 Å². The number of rotatable bonds is 5. The van der Waals surface area contributed by atoms with Gasteiger partial charge in [-0.1, -0.05) is 6.07 Å². The number of benzene rings is 1. The molecule has 0 spiro atoms. The number of hydrogen-bond donors (Lipinski definition) is 2. The predicted molar refractivity (Wildman–Crippen MR) is 66.4 cm³/mol. The van der Waals surface area contributed by atoms with Crippen LogP contribution in [0.3, 0.4) is 0 Å². The van der Waals surface area contributed by atoms with Crippen LogP contribution in [0.15, 0.2) is 18.2 Å². The van der Waals surface area contributed by atoms with Crippen LogP contribution in [0.25, 0.3) is 0 Å². The SMILES string of the molecule is CC(C)NC(=O)CN[C@H](c1c(F)cccc1F)C(F)(F)F. The summed E-state index contributed by atoms with van der Waals surface area (Å²) >= 11 is 0. The summed E-state index contributed by atoms with van der Waals surface area (Å²) in [5.74, 6) is -3.35. The molecule has 2 N–H and O–H groups in total. The third kappa shape index (κ3) is 4.96. The Kier molecular flexibility index (Phi) is 5.65. The van der Waals surface area contributed by atoms with E-state index in [2.05, 4.69) is 5.32 Å². The van der Waals surface area contributed by atoms with Gasteiger partial charge in [0.05, 0.1) is 6.54 Å². The summed E-state index contributed by atoms with van der Waals surface area (Å²) in [5, 5.41) is 4.22. The van der Waals surface area contributed by atoms with Gasteiger partial charge >= 0.3 is 6.18 Å². The minimum atomic E-state index is -4.94. The lowest BCUT2D eigenvalue weighted by Crippen LogP contribution is -2.43. The molecule has 0 saturated heterocycles. The maximum Gasteiger partial charge on any atom is 0.408 e. The van der Waals surface area contributed by atoms with Crippen LogP contribution in [0.5, 0.6) is 0 Å². The van der Waals surface area contributed by atoms with Gasteiger partial charge in [0.25, 0.3) is 0 Å². The van der Waals surface area contributed by atoms with Gasteiger partial charge in [-0.05, 0) is 26.0 Å². The molecule has 1 atom stereocenters. The Morgan fingerprint density at radius 1 is 1.19 bits per heavy atom. The summed E-state index contributed by atoms with van der Waals surface area (Å²) in [6, 6.07) is -0.432. The van der Waals surface area contributed by atoms with E-state index in [0.717, 1.165) is 18.2 Å². The Balaban J connectivity index is 2.96. The molecule has 1 aromatic carbocycles. The first-order valence-electron chi connectivity index (χ1n) is 6.16. The van der Waals surface area contributed by atoms with E-state index in [1.807, 2.05) is 5.32 Å². The average Bonchev–Trinajstić information content (AvgIpc) is 2.30. The summed E-state index contributed by atoms with van der Waals surface area (Å²) in [4.78, 5) is 11.4. The molecule has 8 heteroatoms. The minimum Gasteiger partial charge on any atom is -0.353 e. The van der Waals surface area contributed by atoms with Crippen LogP contribution in [0.2, 0.25) is 0 Å². The summed E-state index contributed by atoms with van der Waals surface area (Å²) in [7, 11) is 0. The van der Waals surface area contributed by atoms with Gasteiger partial charge in [-0.25, -0.2) is 8.78 Å². The Bertz CT molecular complexity index is 482. The van der Waals surface area contributed by atoms with Gasteiger partial charge in [0.2, 0.25) is 5.91 Å². The van der Waals surface area contributed by atoms with Gasteiger partial charge in [-0.2, -0.15) is 13.2 Å². The smallest absolute Gasteiger partial charge is 0.353 e. The van der Waals surface area contributed by atoms with Crippen LogP contribution >= 0.6 is 0 Å². The Hall–Kier alpha value is -1.70. The summed E-state index contributed by atoms with van der Waals surface area (Å²) in [6.07, 6.45) is -4.94. The van der Waals surface area contributed by atoms with Crippen molar-refractivity contribution in [3.05, 3.63) is 35.4 Å². The van der Waals surface area contributed by atoms with Crippen molar-refractivity contribution in [3.63, 3.8) is 0 Å². The summed E-state index contributed by atoms with van der Waals surface area (Å²) in [6.45, 7) is 2.56. The third-order valence-electron chi connectivity index (χ3n) is 2.53. The van der Waals surface area contributed by atoms with Gasteiger partial charge in [-0.3, -0.25) is 10.1 Å². The highest BCUT2D eigenvalue weighted by molar-refractivity contribution is 5.78. The number of amides is 1. The molecule has 1 amide bonds. The molecule has 0 heterocycles. The molecule has 0 aliphatic heterocycles. The first-order valence-corrected chi connectivity index (χ1v) is 6.16. The van der Waals surface area contributed by atoms with Gasteiger partial charge in [0.15, 0.2) is 0 Å². The van der Waals surface area contributed by atoms with Crippen LogP contribution in [0.1, 0.15) is 25.5 Å². The highest BCUT2D eigenvalue weighted by atomic mass is 19.4. The van der Waals surface area contributed by atoms with Crippen molar-refractivity contribution in [2.45, 2.75) is 32.1 Å². The normalized spacial score (nSPS) is 13.3. The standard InChI is InChI=1S/C13H15F5N2O/c1-7(2)20-10(21)6-19-12(13(16,17)18)11-8(14)4-3-5-9(11)15/h3-5,7,12,19H,6H2,1-2H3,(H,20,21)/t12-/m1/s1. The van der Waals surface area contributed by atoms with Crippen LogP contribution in [-0.2, 0) is 4.79 Å². The lowest BCUT2D eigenvalue weighted by Gasteiger charge is -2.23. The molecule has 0 saturated carbocycles. The quantitative estimate of drug-likeness (QED) is 0.821. The van der Waals surface area contributed by atoms with Gasteiger partial charge in [-0.15, -0.1) is 0 Å². The third-order valence-corrected chi connectivity index (χ3v) is 2.53. The molecule has 0 aliphatic carbocycles. The molecule has 0 radical (unpaired) electrons. The van der Waals surface area contributed by atoms with E-state index in [4.69, 9.17) is 0 Å². The fourth-order valence-corrected chi connectivity index (χ4v) is 1.74. The number of carbonyl (C=O) groups is 1. The first-order chi connectivity index (χ1) is 9.62. The molecular formula is C13H15F5N2O. The minimum absolute atomic E-state index is 0.256. The second kappa shape index (κ2) is 6.84. The molecule has 0 fully saturated rings. The Labute approximate surface area is 118 Å². The van der Waals surface area contributed by atoms with E-state index in [9.17, 15) is 26.7 Å². The van der Waals surface area contributed by atoms with E-state index < -0.39 is 41.9 Å². The molecule has 0 unspecified atom stereocenters. The van der Waals surface area contributed by atoms with E-state index in [-0.39, 0.29) is 6.04 Å². The highest BCUT2D eigenvalue weighted by Gasteiger charge is 2.43.